The SMILES string of the molecule is CCN(C(=O)c1ccc(O)cc1O)c1ccc(CN)cc1. The van der Waals surface area contributed by atoms with Crippen molar-refractivity contribution in [2.24, 2.45) is 5.73 Å². The minimum Gasteiger partial charge on any atom is -0.508 e. The third-order valence-electron chi connectivity index (χ3n) is 3.26. The van der Waals surface area contributed by atoms with Gasteiger partial charge < -0.3 is 20.8 Å². The van der Waals surface area contributed by atoms with Gasteiger partial charge in [-0.25, -0.2) is 0 Å². The van der Waals surface area contributed by atoms with Crippen LogP contribution in [0.1, 0.15) is 22.8 Å². The van der Waals surface area contributed by atoms with Crippen molar-refractivity contribution in [3.63, 3.8) is 0 Å². The number of amides is 1. The number of benzene rings is 2. The molecule has 21 heavy (non-hydrogen) atoms. The highest BCUT2D eigenvalue weighted by atomic mass is 16.3. The maximum Gasteiger partial charge on any atom is 0.262 e. The Hall–Kier alpha value is -2.53. The Labute approximate surface area is 123 Å². The minimum atomic E-state index is -0.324. The van der Waals surface area contributed by atoms with Crippen molar-refractivity contribution in [3.05, 3.63) is 53.6 Å². The molecule has 0 radical (unpaired) electrons. The summed E-state index contributed by atoms with van der Waals surface area (Å²) in [5.74, 6) is -0.646. The molecule has 2 rings (SSSR count). The fourth-order valence-electron chi connectivity index (χ4n) is 2.10. The van der Waals surface area contributed by atoms with E-state index in [1.165, 1.54) is 12.1 Å². The lowest BCUT2D eigenvalue weighted by Crippen LogP contribution is -2.30. The fourth-order valence-corrected chi connectivity index (χ4v) is 2.10. The average Bonchev–Trinajstić information content (AvgIpc) is 2.48. The first-order chi connectivity index (χ1) is 10.1. The van der Waals surface area contributed by atoms with Crippen molar-refractivity contribution in [2.45, 2.75) is 13.5 Å². The lowest BCUT2D eigenvalue weighted by molar-refractivity contribution is 0.0985. The Bertz CT molecular complexity index is 638. The highest BCUT2D eigenvalue weighted by Gasteiger charge is 2.19. The molecule has 0 fully saturated rings. The predicted molar refractivity (Wildman–Crippen MR) is 81.5 cm³/mol. The maximum atomic E-state index is 12.5. The van der Waals surface area contributed by atoms with Crippen LogP contribution in [-0.2, 0) is 6.54 Å². The van der Waals surface area contributed by atoms with E-state index >= 15 is 0 Å². The number of carbonyl (C=O) groups excluding carboxylic acids is 1. The monoisotopic (exact) mass is 286 g/mol. The summed E-state index contributed by atoms with van der Waals surface area (Å²) in [6.07, 6.45) is 0. The molecular formula is C16H18N2O3. The van der Waals surface area contributed by atoms with Crippen LogP contribution in [0.4, 0.5) is 5.69 Å². The summed E-state index contributed by atoms with van der Waals surface area (Å²) in [6, 6.07) is 11.3. The number of hydrogen-bond donors (Lipinski definition) is 3. The Balaban J connectivity index is 2.33. The van der Waals surface area contributed by atoms with Crippen LogP contribution in [0.3, 0.4) is 0 Å². The van der Waals surface area contributed by atoms with Gasteiger partial charge in [-0.15, -0.1) is 0 Å². The zero-order valence-corrected chi connectivity index (χ0v) is 11.8. The molecule has 2 aromatic carbocycles. The zero-order chi connectivity index (χ0) is 15.4. The molecule has 0 aliphatic carbocycles. The highest BCUT2D eigenvalue weighted by Crippen LogP contribution is 2.26. The second-order valence-corrected chi connectivity index (χ2v) is 4.62. The minimum absolute atomic E-state index is 0.0839. The quantitative estimate of drug-likeness (QED) is 0.804. The van der Waals surface area contributed by atoms with Crippen LogP contribution in [0.25, 0.3) is 0 Å². The van der Waals surface area contributed by atoms with Crippen molar-refractivity contribution in [2.75, 3.05) is 11.4 Å². The van der Waals surface area contributed by atoms with Gasteiger partial charge in [0.2, 0.25) is 0 Å². The molecule has 0 aliphatic heterocycles. The van der Waals surface area contributed by atoms with Crippen LogP contribution in [0.2, 0.25) is 0 Å². The molecule has 0 bridgehead atoms. The van der Waals surface area contributed by atoms with E-state index in [1.54, 1.807) is 4.90 Å². The molecule has 0 saturated heterocycles. The number of aromatic hydroxyl groups is 2. The van der Waals surface area contributed by atoms with E-state index in [0.717, 1.165) is 17.3 Å². The first kappa shape index (κ1) is 14.9. The van der Waals surface area contributed by atoms with Gasteiger partial charge in [0.25, 0.3) is 5.91 Å². The molecule has 0 atom stereocenters. The molecule has 0 heterocycles. The van der Waals surface area contributed by atoms with Gasteiger partial charge in [-0.2, -0.15) is 0 Å². The first-order valence-corrected chi connectivity index (χ1v) is 6.69. The average molecular weight is 286 g/mol. The van der Waals surface area contributed by atoms with Crippen LogP contribution < -0.4 is 10.6 Å². The summed E-state index contributed by atoms with van der Waals surface area (Å²) < 4.78 is 0. The Morgan fingerprint density at radius 1 is 1.14 bits per heavy atom. The first-order valence-electron chi connectivity index (χ1n) is 6.69. The summed E-state index contributed by atoms with van der Waals surface area (Å²) in [5.41, 5.74) is 7.42. The summed E-state index contributed by atoms with van der Waals surface area (Å²) >= 11 is 0. The van der Waals surface area contributed by atoms with Crippen molar-refractivity contribution in [1.82, 2.24) is 0 Å². The number of carbonyl (C=O) groups is 1. The van der Waals surface area contributed by atoms with Crippen molar-refractivity contribution in [1.29, 1.82) is 0 Å². The van der Waals surface area contributed by atoms with Gasteiger partial charge in [-0.3, -0.25) is 4.79 Å². The summed E-state index contributed by atoms with van der Waals surface area (Å²) in [6.45, 7) is 2.76. The van der Waals surface area contributed by atoms with Crippen molar-refractivity contribution >= 4 is 11.6 Å². The second kappa shape index (κ2) is 6.28. The topological polar surface area (TPSA) is 86.8 Å². The molecule has 2 aromatic rings. The summed E-state index contributed by atoms with van der Waals surface area (Å²) in [5, 5.41) is 19.1. The van der Waals surface area contributed by atoms with Gasteiger partial charge in [0.05, 0.1) is 5.56 Å². The maximum absolute atomic E-state index is 12.5. The largest absolute Gasteiger partial charge is 0.508 e. The van der Waals surface area contributed by atoms with E-state index in [9.17, 15) is 15.0 Å². The number of hydrogen-bond acceptors (Lipinski definition) is 4. The predicted octanol–water partition coefficient (Wildman–Crippen LogP) is 2.22. The number of phenols is 2. The molecule has 0 aliphatic rings. The molecule has 110 valence electrons. The molecular weight excluding hydrogens is 268 g/mol. The van der Waals surface area contributed by atoms with Crippen LogP contribution in [0.15, 0.2) is 42.5 Å². The number of nitrogens with zero attached hydrogens (tertiary/aromatic N) is 1. The number of anilines is 1. The van der Waals surface area contributed by atoms with Crippen LogP contribution in [-0.4, -0.2) is 22.7 Å². The molecule has 5 nitrogen and oxygen atoms in total. The Kier molecular flexibility index (Phi) is 4.45. The molecule has 0 unspecified atom stereocenters. The van der Waals surface area contributed by atoms with Crippen molar-refractivity contribution < 1.29 is 15.0 Å². The van der Waals surface area contributed by atoms with Gasteiger partial charge in [0.1, 0.15) is 11.5 Å². The van der Waals surface area contributed by atoms with E-state index in [-0.39, 0.29) is 23.0 Å². The van der Waals surface area contributed by atoms with Crippen LogP contribution in [0.5, 0.6) is 11.5 Å². The summed E-state index contributed by atoms with van der Waals surface area (Å²) in [4.78, 5) is 14.1. The normalized spacial score (nSPS) is 10.4. The number of rotatable bonds is 4. The molecule has 1 amide bonds. The van der Waals surface area contributed by atoms with E-state index in [1.807, 2.05) is 31.2 Å². The van der Waals surface area contributed by atoms with Crippen molar-refractivity contribution in [3.8, 4) is 11.5 Å². The third kappa shape index (κ3) is 3.14. The molecule has 4 N–H and O–H groups in total. The Morgan fingerprint density at radius 2 is 1.81 bits per heavy atom. The fraction of sp³-hybridized carbons (Fsp3) is 0.188. The third-order valence-corrected chi connectivity index (χ3v) is 3.26. The van der Waals surface area contributed by atoms with E-state index < -0.39 is 0 Å². The standard InChI is InChI=1S/C16H18N2O3/c1-2-18(12-5-3-11(10-17)4-6-12)16(21)14-8-7-13(19)9-15(14)20/h3-9,19-20H,2,10,17H2,1H3. The highest BCUT2D eigenvalue weighted by molar-refractivity contribution is 6.07. The van der Waals surface area contributed by atoms with E-state index in [4.69, 9.17) is 5.73 Å². The zero-order valence-electron chi connectivity index (χ0n) is 11.8. The lowest BCUT2D eigenvalue weighted by Gasteiger charge is -2.22. The van der Waals surface area contributed by atoms with Gasteiger partial charge in [-0.1, -0.05) is 12.1 Å². The molecule has 0 saturated carbocycles. The molecule has 5 heteroatoms. The second-order valence-electron chi connectivity index (χ2n) is 4.62. The Morgan fingerprint density at radius 3 is 2.33 bits per heavy atom. The van der Waals surface area contributed by atoms with Gasteiger partial charge >= 0.3 is 0 Å². The number of nitrogens with two attached hydrogens (primary N) is 1. The van der Waals surface area contributed by atoms with Gasteiger partial charge in [-0.05, 0) is 36.8 Å². The van der Waals surface area contributed by atoms with E-state index in [0.29, 0.717) is 13.1 Å². The number of phenolic OH excluding ortho intramolecular Hbond substituents is 2. The van der Waals surface area contributed by atoms with E-state index in [2.05, 4.69) is 0 Å². The van der Waals surface area contributed by atoms with Gasteiger partial charge in [0.15, 0.2) is 0 Å². The van der Waals surface area contributed by atoms with Crippen LogP contribution >= 0.6 is 0 Å². The lowest BCUT2D eigenvalue weighted by atomic mass is 10.1. The van der Waals surface area contributed by atoms with Gasteiger partial charge in [0, 0.05) is 24.8 Å². The summed E-state index contributed by atoms with van der Waals surface area (Å²) in [7, 11) is 0. The van der Waals surface area contributed by atoms with Crippen LogP contribution in [0, 0.1) is 0 Å². The smallest absolute Gasteiger partial charge is 0.262 e. The molecule has 0 spiro atoms. The molecule has 0 aromatic heterocycles.